The maximum Gasteiger partial charge on any atom is 0.418 e. The minimum Gasteiger partial charge on any atom is -0.380 e. The van der Waals surface area contributed by atoms with Crippen LogP contribution >= 0.6 is 11.8 Å². The zero-order valence-electron chi connectivity index (χ0n) is 16.1. The normalized spacial score (nSPS) is 13.5. The molecule has 1 unspecified atom stereocenters. The minimum absolute atomic E-state index is 0.411. The summed E-state index contributed by atoms with van der Waals surface area (Å²) in [5.74, 6) is 0.452. The van der Waals surface area contributed by atoms with Gasteiger partial charge in [-0.25, -0.2) is 13.6 Å². The molecule has 10 heteroatoms. The first kappa shape index (κ1) is 23.5. The minimum atomic E-state index is -4.72. The lowest BCUT2D eigenvalue weighted by molar-refractivity contribution is -0.137. The van der Waals surface area contributed by atoms with Crippen molar-refractivity contribution in [1.29, 1.82) is 0 Å². The summed E-state index contributed by atoms with van der Waals surface area (Å²) < 4.78 is 64.5. The lowest BCUT2D eigenvalue weighted by Crippen LogP contribution is -2.30. The number of primary sulfonamides is 1. The van der Waals surface area contributed by atoms with Gasteiger partial charge in [0.05, 0.1) is 11.3 Å². The number of alkyl halides is 3. The number of benzene rings is 2. The fourth-order valence-electron chi connectivity index (χ4n) is 2.68. The first-order chi connectivity index (χ1) is 13.5. The van der Waals surface area contributed by atoms with Crippen molar-refractivity contribution in [3.05, 3.63) is 54.1 Å². The standard InChI is InChI=1S/C19H24F3N3O2S2/c1-25(2)12-11-14(13-28-15-7-4-3-5-8-15)24-18-16(19(20,21)22)9-6-10-17(18)29(23,26)27/h3-10,14,24H,11-13H2,1-2H3,(H2,23,26,27). The summed E-state index contributed by atoms with van der Waals surface area (Å²) in [5.41, 5.74) is -1.55. The number of hydrogen-bond donors (Lipinski definition) is 2. The molecule has 2 aromatic rings. The Kier molecular flexibility index (Phi) is 7.98. The van der Waals surface area contributed by atoms with Crippen molar-refractivity contribution < 1.29 is 21.6 Å². The lowest BCUT2D eigenvalue weighted by Gasteiger charge is -2.25. The number of sulfonamides is 1. The van der Waals surface area contributed by atoms with E-state index >= 15 is 0 Å². The number of anilines is 1. The van der Waals surface area contributed by atoms with E-state index in [4.69, 9.17) is 5.14 Å². The van der Waals surface area contributed by atoms with Gasteiger partial charge in [0, 0.05) is 16.7 Å². The number of rotatable bonds is 9. The van der Waals surface area contributed by atoms with Crippen LogP contribution in [0.5, 0.6) is 0 Å². The van der Waals surface area contributed by atoms with Gasteiger partial charge in [0.2, 0.25) is 10.0 Å². The summed E-state index contributed by atoms with van der Waals surface area (Å²) in [4.78, 5) is 2.32. The first-order valence-electron chi connectivity index (χ1n) is 8.80. The van der Waals surface area contributed by atoms with Gasteiger partial charge in [0.1, 0.15) is 4.90 Å². The smallest absolute Gasteiger partial charge is 0.380 e. The van der Waals surface area contributed by atoms with Gasteiger partial charge in [0.15, 0.2) is 0 Å². The largest absolute Gasteiger partial charge is 0.418 e. The predicted octanol–water partition coefficient (Wildman–Crippen LogP) is 3.88. The van der Waals surface area contributed by atoms with Gasteiger partial charge in [-0.3, -0.25) is 0 Å². The van der Waals surface area contributed by atoms with Crippen LogP contribution in [0.25, 0.3) is 0 Å². The maximum absolute atomic E-state index is 13.5. The Labute approximate surface area is 173 Å². The molecule has 0 heterocycles. The van der Waals surface area contributed by atoms with Gasteiger partial charge in [-0.15, -0.1) is 11.8 Å². The molecule has 0 aliphatic heterocycles. The van der Waals surface area contributed by atoms with Crippen molar-refractivity contribution in [3.63, 3.8) is 0 Å². The summed E-state index contributed by atoms with van der Waals surface area (Å²) >= 11 is 1.48. The molecule has 2 rings (SSSR count). The second kappa shape index (κ2) is 9.84. The van der Waals surface area contributed by atoms with Crippen molar-refractivity contribution in [2.45, 2.75) is 28.4 Å². The molecule has 0 fully saturated rings. The molecule has 0 bridgehead atoms. The molecular weight excluding hydrogens is 423 g/mol. The zero-order chi connectivity index (χ0) is 21.7. The Balaban J connectivity index is 2.37. The molecule has 29 heavy (non-hydrogen) atoms. The van der Waals surface area contributed by atoms with Crippen LogP contribution < -0.4 is 10.5 Å². The molecule has 0 saturated carbocycles. The highest BCUT2D eigenvalue weighted by molar-refractivity contribution is 7.99. The first-order valence-corrected chi connectivity index (χ1v) is 11.3. The highest BCUT2D eigenvalue weighted by Crippen LogP contribution is 2.38. The van der Waals surface area contributed by atoms with E-state index in [0.29, 0.717) is 18.7 Å². The van der Waals surface area contributed by atoms with Gasteiger partial charge in [-0.05, 0) is 51.3 Å². The summed E-state index contributed by atoms with van der Waals surface area (Å²) in [6.45, 7) is 0.617. The fourth-order valence-corrected chi connectivity index (χ4v) is 4.40. The van der Waals surface area contributed by atoms with Crippen molar-refractivity contribution in [2.75, 3.05) is 31.7 Å². The van der Waals surface area contributed by atoms with Gasteiger partial charge < -0.3 is 10.2 Å². The molecule has 5 nitrogen and oxygen atoms in total. The molecule has 1 atom stereocenters. The molecule has 0 radical (unpaired) electrons. The zero-order valence-corrected chi connectivity index (χ0v) is 17.7. The van der Waals surface area contributed by atoms with Crippen LogP contribution in [0.1, 0.15) is 12.0 Å². The summed E-state index contributed by atoms with van der Waals surface area (Å²) in [5, 5.41) is 8.01. The Hall–Kier alpha value is -1.75. The second-order valence-electron chi connectivity index (χ2n) is 6.78. The van der Waals surface area contributed by atoms with Gasteiger partial charge in [-0.1, -0.05) is 24.3 Å². The molecule has 0 aliphatic carbocycles. The molecule has 0 saturated heterocycles. The second-order valence-corrected chi connectivity index (χ2v) is 9.40. The van der Waals surface area contributed by atoms with Crippen LogP contribution in [-0.2, 0) is 16.2 Å². The van der Waals surface area contributed by atoms with Gasteiger partial charge >= 0.3 is 6.18 Å². The molecule has 0 amide bonds. The molecule has 0 aliphatic rings. The number of halogens is 3. The third-order valence-electron chi connectivity index (χ3n) is 4.11. The number of nitrogens with two attached hydrogens (primary N) is 1. The average molecular weight is 448 g/mol. The van der Waals surface area contributed by atoms with E-state index in [1.807, 2.05) is 49.3 Å². The third kappa shape index (κ3) is 7.22. The molecule has 3 N–H and O–H groups in total. The number of thioether (sulfide) groups is 1. The van der Waals surface area contributed by atoms with Crippen LogP contribution in [0.3, 0.4) is 0 Å². The van der Waals surface area contributed by atoms with Crippen molar-refractivity contribution in [1.82, 2.24) is 4.90 Å². The molecule has 0 spiro atoms. The number of para-hydroxylation sites is 1. The Morgan fingerprint density at radius 3 is 2.31 bits per heavy atom. The van der Waals surface area contributed by atoms with Crippen molar-refractivity contribution in [2.24, 2.45) is 5.14 Å². The van der Waals surface area contributed by atoms with E-state index in [1.54, 1.807) is 0 Å². The average Bonchev–Trinajstić information content (AvgIpc) is 2.63. The molecule has 160 valence electrons. The van der Waals surface area contributed by atoms with E-state index in [9.17, 15) is 21.6 Å². The quantitative estimate of drug-likeness (QED) is 0.571. The van der Waals surface area contributed by atoms with E-state index in [0.717, 1.165) is 23.1 Å². The third-order valence-corrected chi connectivity index (χ3v) is 6.23. The Morgan fingerprint density at radius 2 is 1.76 bits per heavy atom. The van der Waals surface area contributed by atoms with E-state index in [-0.39, 0.29) is 0 Å². The summed E-state index contributed by atoms with van der Waals surface area (Å²) in [6.07, 6.45) is -4.20. The van der Waals surface area contributed by atoms with Crippen LogP contribution in [0.15, 0.2) is 58.3 Å². The molecule has 0 aromatic heterocycles. The number of hydrogen-bond acceptors (Lipinski definition) is 5. The van der Waals surface area contributed by atoms with Crippen LogP contribution in [0.2, 0.25) is 0 Å². The van der Waals surface area contributed by atoms with E-state index < -0.39 is 38.4 Å². The monoisotopic (exact) mass is 447 g/mol. The number of nitrogens with zero attached hydrogens (tertiary/aromatic N) is 1. The lowest BCUT2D eigenvalue weighted by atomic mass is 10.1. The van der Waals surface area contributed by atoms with Crippen LogP contribution in [0.4, 0.5) is 18.9 Å². The SMILES string of the molecule is CN(C)CCC(CSc1ccccc1)Nc1c(C(F)(F)F)cccc1S(N)(=O)=O. The highest BCUT2D eigenvalue weighted by Gasteiger charge is 2.36. The topological polar surface area (TPSA) is 75.4 Å². The van der Waals surface area contributed by atoms with Gasteiger partial charge in [0.25, 0.3) is 0 Å². The Bertz CT molecular complexity index is 905. The van der Waals surface area contributed by atoms with E-state index in [1.165, 1.54) is 11.8 Å². The summed E-state index contributed by atoms with van der Waals surface area (Å²) in [7, 11) is -0.616. The van der Waals surface area contributed by atoms with Crippen LogP contribution in [0, 0.1) is 0 Å². The summed E-state index contributed by atoms with van der Waals surface area (Å²) in [6, 6.07) is 12.0. The highest BCUT2D eigenvalue weighted by atomic mass is 32.2. The maximum atomic E-state index is 13.5. The predicted molar refractivity (Wildman–Crippen MR) is 111 cm³/mol. The van der Waals surface area contributed by atoms with Crippen molar-refractivity contribution in [3.8, 4) is 0 Å². The number of nitrogens with one attached hydrogen (secondary N) is 1. The van der Waals surface area contributed by atoms with Gasteiger partial charge in [-0.2, -0.15) is 13.2 Å². The van der Waals surface area contributed by atoms with E-state index in [2.05, 4.69) is 5.32 Å². The molecule has 2 aromatic carbocycles. The Morgan fingerprint density at radius 1 is 1.10 bits per heavy atom. The van der Waals surface area contributed by atoms with Crippen molar-refractivity contribution >= 4 is 27.5 Å². The fraction of sp³-hybridized carbons (Fsp3) is 0.368. The molecular formula is C19H24F3N3O2S2. The van der Waals surface area contributed by atoms with Crippen LogP contribution in [-0.4, -0.2) is 45.8 Å².